The number of nitrogens with zero attached hydrogens (tertiary/aromatic N) is 4. The third kappa shape index (κ3) is 2.76. The van der Waals surface area contributed by atoms with Crippen LogP contribution in [0.2, 0.25) is 0 Å². The summed E-state index contributed by atoms with van der Waals surface area (Å²) in [4.78, 5) is 32.7. The molecule has 7 nitrogen and oxygen atoms in total. The average Bonchev–Trinajstić information content (AvgIpc) is 3.16. The monoisotopic (exact) mass is 371 g/mol. The van der Waals surface area contributed by atoms with Crippen LogP contribution < -0.4 is 10.9 Å². The van der Waals surface area contributed by atoms with Crippen LogP contribution in [0.15, 0.2) is 35.4 Å². The molecular weight excluding hydrogens is 357 g/mol. The van der Waals surface area contributed by atoms with Crippen molar-refractivity contribution >= 4 is 43.8 Å². The van der Waals surface area contributed by atoms with E-state index in [4.69, 9.17) is 0 Å². The number of hydrogen-bond donors (Lipinski definition) is 1. The SMILES string of the molecule is Cc1cc(=O)n(C)c2ncn(CC(=O)Nc3nc4ccc(F)cc4s3)c12. The van der Waals surface area contributed by atoms with Crippen molar-refractivity contribution in [3.63, 3.8) is 0 Å². The van der Waals surface area contributed by atoms with Crippen molar-refractivity contribution < 1.29 is 9.18 Å². The van der Waals surface area contributed by atoms with E-state index in [1.54, 1.807) is 17.7 Å². The molecule has 1 amide bonds. The van der Waals surface area contributed by atoms with Gasteiger partial charge in [-0.3, -0.25) is 14.2 Å². The van der Waals surface area contributed by atoms with E-state index in [1.165, 1.54) is 40.4 Å². The van der Waals surface area contributed by atoms with E-state index in [2.05, 4.69) is 15.3 Å². The Labute approximate surface area is 150 Å². The van der Waals surface area contributed by atoms with Gasteiger partial charge in [-0.05, 0) is 30.7 Å². The summed E-state index contributed by atoms with van der Waals surface area (Å²) in [6.45, 7) is 1.84. The quantitative estimate of drug-likeness (QED) is 0.600. The molecule has 4 aromatic rings. The molecule has 3 aromatic heterocycles. The number of aromatic nitrogens is 4. The number of pyridine rings is 1. The number of aryl methyl sites for hydroxylation is 2. The largest absolute Gasteiger partial charge is 0.320 e. The number of carbonyl (C=O) groups excluding carboxylic acids is 1. The first-order valence-electron chi connectivity index (χ1n) is 7.80. The van der Waals surface area contributed by atoms with Crippen molar-refractivity contribution in [3.8, 4) is 0 Å². The fraction of sp³-hybridized carbons (Fsp3) is 0.176. The zero-order valence-corrected chi connectivity index (χ0v) is 14.8. The highest BCUT2D eigenvalue weighted by molar-refractivity contribution is 7.22. The highest BCUT2D eigenvalue weighted by Crippen LogP contribution is 2.26. The summed E-state index contributed by atoms with van der Waals surface area (Å²) in [7, 11) is 1.64. The van der Waals surface area contributed by atoms with Crippen molar-refractivity contribution in [1.29, 1.82) is 0 Å². The molecule has 0 bridgehead atoms. The predicted molar refractivity (Wildman–Crippen MR) is 97.9 cm³/mol. The van der Waals surface area contributed by atoms with Crippen LogP contribution in [0.1, 0.15) is 5.56 Å². The van der Waals surface area contributed by atoms with E-state index in [9.17, 15) is 14.0 Å². The summed E-state index contributed by atoms with van der Waals surface area (Å²) >= 11 is 1.21. The summed E-state index contributed by atoms with van der Waals surface area (Å²) < 4.78 is 17.1. The van der Waals surface area contributed by atoms with Crippen molar-refractivity contribution in [1.82, 2.24) is 19.1 Å². The Morgan fingerprint density at radius 1 is 1.35 bits per heavy atom. The van der Waals surface area contributed by atoms with Crippen LogP contribution >= 0.6 is 11.3 Å². The number of rotatable bonds is 3. The van der Waals surface area contributed by atoms with E-state index < -0.39 is 0 Å². The van der Waals surface area contributed by atoms with Crippen LogP contribution in [0, 0.1) is 12.7 Å². The fourth-order valence-corrected chi connectivity index (χ4v) is 3.77. The number of thiazole rings is 1. The van der Waals surface area contributed by atoms with Gasteiger partial charge in [-0.1, -0.05) is 11.3 Å². The summed E-state index contributed by atoms with van der Waals surface area (Å²) in [6, 6.07) is 5.80. The molecule has 3 heterocycles. The number of hydrogen-bond acceptors (Lipinski definition) is 5. The Morgan fingerprint density at radius 3 is 2.96 bits per heavy atom. The Kier molecular flexibility index (Phi) is 3.80. The summed E-state index contributed by atoms with van der Waals surface area (Å²) in [5.41, 5.74) is 2.49. The lowest BCUT2D eigenvalue weighted by Crippen LogP contribution is -2.20. The molecule has 0 atom stereocenters. The minimum atomic E-state index is -0.343. The van der Waals surface area contributed by atoms with E-state index in [-0.39, 0.29) is 23.8 Å². The Balaban J connectivity index is 1.61. The van der Waals surface area contributed by atoms with Gasteiger partial charge in [0, 0.05) is 13.1 Å². The van der Waals surface area contributed by atoms with Crippen LogP contribution in [0.4, 0.5) is 9.52 Å². The Hall–Kier alpha value is -3.07. The fourth-order valence-electron chi connectivity index (χ4n) is 2.86. The van der Waals surface area contributed by atoms with Crippen LogP contribution in [0.25, 0.3) is 21.4 Å². The summed E-state index contributed by atoms with van der Waals surface area (Å²) in [5.74, 6) is -0.623. The predicted octanol–water partition coefficient (Wildman–Crippen LogP) is 2.43. The molecule has 0 spiro atoms. The molecule has 0 aliphatic heterocycles. The van der Waals surface area contributed by atoms with Gasteiger partial charge in [0.2, 0.25) is 5.91 Å². The standard InChI is InChI=1S/C17H14FN5O2S/c1-9-5-14(25)22(2)16-15(9)23(8-19-16)7-13(24)21-17-20-11-4-3-10(18)6-12(11)26-17/h3-6,8H,7H2,1-2H3,(H,20,21,24). The Morgan fingerprint density at radius 2 is 2.15 bits per heavy atom. The second kappa shape index (κ2) is 6.03. The second-order valence-electron chi connectivity index (χ2n) is 5.95. The maximum atomic E-state index is 13.3. The lowest BCUT2D eigenvalue weighted by Gasteiger charge is -2.07. The molecule has 0 saturated carbocycles. The van der Waals surface area contributed by atoms with Crippen LogP contribution in [0.5, 0.6) is 0 Å². The van der Waals surface area contributed by atoms with Gasteiger partial charge in [-0.15, -0.1) is 0 Å². The molecule has 0 radical (unpaired) electrons. The molecule has 132 valence electrons. The highest BCUT2D eigenvalue weighted by atomic mass is 32.1. The first-order chi connectivity index (χ1) is 12.4. The minimum absolute atomic E-state index is 0.0276. The van der Waals surface area contributed by atoms with E-state index in [0.29, 0.717) is 21.0 Å². The molecular formula is C17H14FN5O2S. The number of imidazole rings is 1. The molecule has 1 N–H and O–H groups in total. The van der Waals surface area contributed by atoms with Crippen molar-refractivity contribution in [2.75, 3.05) is 5.32 Å². The second-order valence-corrected chi connectivity index (χ2v) is 6.98. The van der Waals surface area contributed by atoms with Gasteiger partial charge >= 0.3 is 0 Å². The molecule has 1 aromatic carbocycles. The number of fused-ring (bicyclic) bond motifs is 2. The van der Waals surface area contributed by atoms with Crippen LogP contribution in [0.3, 0.4) is 0 Å². The molecule has 4 rings (SSSR count). The lowest BCUT2D eigenvalue weighted by atomic mass is 10.2. The summed E-state index contributed by atoms with van der Waals surface area (Å²) in [6.07, 6.45) is 1.53. The number of benzene rings is 1. The van der Waals surface area contributed by atoms with Crippen LogP contribution in [-0.2, 0) is 18.4 Å². The number of nitrogens with one attached hydrogen (secondary N) is 1. The molecule has 0 unspecified atom stereocenters. The van der Waals surface area contributed by atoms with Crippen LogP contribution in [-0.4, -0.2) is 25.0 Å². The van der Waals surface area contributed by atoms with Gasteiger partial charge in [0.1, 0.15) is 12.4 Å². The normalized spacial score (nSPS) is 11.3. The average molecular weight is 371 g/mol. The maximum Gasteiger partial charge on any atom is 0.252 e. The van der Waals surface area contributed by atoms with Gasteiger partial charge in [0.05, 0.1) is 22.1 Å². The van der Waals surface area contributed by atoms with Gasteiger partial charge in [-0.2, -0.15) is 0 Å². The van der Waals surface area contributed by atoms with E-state index in [1.807, 2.05) is 6.92 Å². The van der Waals surface area contributed by atoms with E-state index in [0.717, 1.165) is 11.1 Å². The molecule has 0 saturated heterocycles. The molecule has 0 fully saturated rings. The smallest absolute Gasteiger partial charge is 0.252 e. The third-order valence-corrected chi connectivity index (χ3v) is 5.02. The molecule has 0 aliphatic rings. The number of amides is 1. The highest BCUT2D eigenvalue weighted by Gasteiger charge is 2.14. The van der Waals surface area contributed by atoms with Crippen molar-refractivity contribution in [2.45, 2.75) is 13.5 Å². The van der Waals surface area contributed by atoms with Gasteiger partial charge in [-0.25, -0.2) is 14.4 Å². The number of halogens is 1. The zero-order valence-electron chi connectivity index (χ0n) is 14.0. The van der Waals surface area contributed by atoms with Gasteiger partial charge < -0.3 is 9.88 Å². The first-order valence-corrected chi connectivity index (χ1v) is 8.61. The van der Waals surface area contributed by atoms with Gasteiger partial charge in [0.25, 0.3) is 5.56 Å². The minimum Gasteiger partial charge on any atom is -0.320 e. The van der Waals surface area contributed by atoms with E-state index >= 15 is 0 Å². The number of anilines is 1. The zero-order chi connectivity index (χ0) is 18.4. The lowest BCUT2D eigenvalue weighted by molar-refractivity contribution is -0.116. The molecule has 26 heavy (non-hydrogen) atoms. The van der Waals surface area contributed by atoms with Crippen molar-refractivity contribution in [3.05, 3.63) is 52.3 Å². The topological polar surface area (TPSA) is 81.8 Å². The summed E-state index contributed by atoms with van der Waals surface area (Å²) in [5, 5.41) is 3.13. The van der Waals surface area contributed by atoms with Crippen molar-refractivity contribution in [2.24, 2.45) is 7.05 Å². The van der Waals surface area contributed by atoms with Gasteiger partial charge in [0.15, 0.2) is 10.8 Å². The Bertz CT molecular complexity index is 1220. The maximum absolute atomic E-state index is 13.3. The molecule has 0 aliphatic carbocycles. The molecule has 9 heteroatoms. The third-order valence-electron chi connectivity index (χ3n) is 4.09. The first kappa shape index (κ1) is 16.4. The number of carbonyl (C=O) groups is 1.